The fourth-order valence-corrected chi connectivity index (χ4v) is 1.87. The molecule has 0 unspecified atom stereocenters. The lowest BCUT2D eigenvalue weighted by molar-refractivity contribution is -0.116. The van der Waals surface area contributed by atoms with Crippen LogP contribution in [0.25, 0.3) is 0 Å². The van der Waals surface area contributed by atoms with E-state index in [2.05, 4.69) is 39.5 Å². The second-order valence-electron chi connectivity index (χ2n) is 5.91. The van der Waals surface area contributed by atoms with Crippen molar-refractivity contribution in [2.45, 2.75) is 73.1 Å². The molecule has 0 saturated carbocycles. The lowest BCUT2D eigenvalue weighted by Gasteiger charge is -2.04. The number of hydrogen-bond donors (Lipinski definition) is 0. The normalized spacial score (nSPS) is 11.4. The molecule has 0 radical (unpaired) electrons. The van der Waals surface area contributed by atoms with Gasteiger partial charge in [0.1, 0.15) is 5.78 Å². The smallest absolute Gasteiger partial charge is 0.134 e. The van der Waals surface area contributed by atoms with Gasteiger partial charge < -0.3 is 0 Å². The van der Waals surface area contributed by atoms with Crippen molar-refractivity contribution in [3.63, 3.8) is 0 Å². The Balaban J connectivity index is 3.92. The van der Waals surface area contributed by atoms with E-state index in [9.17, 15) is 4.79 Å². The van der Waals surface area contributed by atoms with Crippen LogP contribution < -0.4 is 0 Å². The summed E-state index contributed by atoms with van der Waals surface area (Å²) in [6.07, 6.45) is 10.7. The Morgan fingerprint density at radius 1 is 1.16 bits per heavy atom. The van der Waals surface area contributed by atoms with Gasteiger partial charge in [0.05, 0.1) is 0 Å². The van der Waals surface area contributed by atoms with Crippen molar-refractivity contribution in [1.29, 1.82) is 0 Å². The fourth-order valence-electron chi connectivity index (χ4n) is 1.87. The summed E-state index contributed by atoms with van der Waals surface area (Å²) in [5.74, 6) is 1.01. The highest BCUT2D eigenvalue weighted by atomic mass is 16.1. The maximum atomic E-state index is 10.8. The molecule has 0 heterocycles. The minimum Gasteiger partial charge on any atom is -0.300 e. The van der Waals surface area contributed by atoms with E-state index in [0.29, 0.717) is 6.42 Å². The molecule has 0 bridgehead atoms. The molecule has 0 aliphatic rings. The molecule has 0 spiro atoms. The highest BCUT2D eigenvalue weighted by Gasteiger charge is 1.95. The van der Waals surface area contributed by atoms with Crippen molar-refractivity contribution >= 4 is 5.78 Å². The lowest BCUT2D eigenvalue weighted by atomic mass is 10.0. The van der Waals surface area contributed by atoms with Crippen LogP contribution in [0, 0.1) is 5.92 Å². The molecule has 0 amide bonds. The third-order valence-electron chi connectivity index (χ3n) is 3.10. The van der Waals surface area contributed by atoms with Crippen molar-refractivity contribution in [1.82, 2.24) is 0 Å². The SMILES string of the molecule is CC(=O)CC=C=C(C)CCC=C(C)CCCC(C)C. The van der Waals surface area contributed by atoms with Crippen LogP contribution in [0.5, 0.6) is 0 Å². The van der Waals surface area contributed by atoms with Gasteiger partial charge in [0, 0.05) is 6.42 Å². The lowest BCUT2D eigenvalue weighted by Crippen LogP contribution is -1.87. The molecule has 19 heavy (non-hydrogen) atoms. The molecule has 0 aliphatic heterocycles. The third-order valence-corrected chi connectivity index (χ3v) is 3.10. The Bertz CT molecular complexity index is 352. The van der Waals surface area contributed by atoms with Gasteiger partial charge >= 0.3 is 0 Å². The summed E-state index contributed by atoms with van der Waals surface area (Å²) >= 11 is 0. The third kappa shape index (κ3) is 13.2. The van der Waals surface area contributed by atoms with Crippen molar-refractivity contribution in [3.05, 3.63) is 29.0 Å². The predicted octanol–water partition coefficient (Wildman–Crippen LogP) is 5.62. The zero-order valence-corrected chi connectivity index (χ0v) is 13.4. The van der Waals surface area contributed by atoms with Gasteiger partial charge in [-0.3, -0.25) is 4.79 Å². The summed E-state index contributed by atoms with van der Waals surface area (Å²) in [6.45, 7) is 10.5. The standard InChI is InChI=1S/C18H30O/c1-15(2)9-6-10-16(3)11-7-12-17(4)13-8-14-18(5)19/h8,11,15H,6-7,9-10,12,14H2,1-5H3. The number of carbonyl (C=O) groups is 1. The molecular formula is C18H30O. The van der Waals surface area contributed by atoms with Crippen LogP contribution in [0.2, 0.25) is 0 Å². The van der Waals surface area contributed by atoms with Crippen LogP contribution in [0.3, 0.4) is 0 Å². The van der Waals surface area contributed by atoms with Crippen LogP contribution in [-0.2, 0) is 4.79 Å². The van der Waals surface area contributed by atoms with E-state index >= 15 is 0 Å². The van der Waals surface area contributed by atoms with E-state index in [0.717, 1.165) is 18.8 Å². The number of hydrogen-bond acceptors (Lipinski definition) is 1. The summed E-state index contributed by atoms with van der Waals surface area (Å²) in [5.41, 5.74) is 5.92. The number of Topliss-reactive ketones (excluding diaryl/α,β-unsaturated/α-hetero) is 1. The van der Waals surface area contributed by atoms with Crippen LogP contribution in [0.4, 0.5) is 0 Å². The predicted molar refractivity (Wildman–Crippen MR) is 84.2 cm³/mol. The first-order chi connectivity index (χ1) is 8.91. The number of ketones is 1. The minimum absolute atomic E-state index is 0.196. The summed E-state index contributed by atoms with van der Waals surface area (Å²) in [7, 11) is 0. The molecule has 1 heteroatoms. The van der Waals surface area contributed by atoms with Crippen LogP contribution in [-0.4, -0.2) is 5.78 Å². The van der Waals surface area contributed by atoms with Crippen molar-refractivity contribution < 1.29 is 4.79 Å². The van der Waals surface area contributed by atoms with Crippen LogP contribution in [0.1, 0.15) is 73.1 Å². The summed E-state index contributed by atoms with van der Waals surface area (Å²) < 4.78 is 0. The molecule has 0 fully saturated rings. The van der Waals surface area contributed by atoms with E-state index in [-0.39, 0.29) is 5.78 Å². The van der Waals surface area contributed by atoms with Gasteiger partial charge in [-0.15, -0.1) is 5.73 Å². The molecule has 0 N–H and O–H groups in total. The largest absolute Gasteiger partial charge is 0.300 e. The first-order valence-electron chi connectivity index (χ1n) is 7.47. The maximum absolute atomic E-state index is 10.8. The van der Waals surface area contributed by atoms with Gasteiger partial charge in [0.15, 0.2) is 0 Å². The summed E-state index contributed by atoms with van der Waals surface area (Å²) in [4.78, 5) is 10.8. The molecule has 0 atom stereocenters. The van der Waals surface area contributed by atoms with Gasteiger partial charge in [-0.1, -0.05) is 31.9 Å². The van der Waals surface area contributed by atoms with E-state index in [1.165, 1.54) is 30.4 Å². The van der Waals surface area contributed by atoms with E-state index < -0.39 is 0 Å². The highest BCUT2D eigenvalue weighted by molar-refractivity contribution is 5.76. The van der Waals surface area contributed by atoms with Gasteiger partial charge in [-0.05, 0) is 64.0 Å². The number of allylic oxidation sites excluding steroid dienone is 3. The molecule has 1 nitrogen and oxygen atoms in total. The molecule has 0 aromatic carbocycles. The first-order valence-corrected chi connectivity index (χ1v) is 7.47. The van der Waals surface area contributed by atoms with Gasteiger partial charge in [0.2, 0.25) is 0 Å². The van der Waals surface area contributed by atoms with Gasteiger partial charge in [0.25, 0.3) is 0 Å². The molecule has 0 aliphatic carbocycles. The molecule has 0 aromatic heterocycles. The van der Waals surface area contributed by atoms with Crippen molar-refractivity contribution in [2.75, 3.05) is 0 Å². The average Bonchev–Trinajstić information content (AvgIpc) is 2.27. The first kappa shape index (κ1) is 17.9. The van der Waals surface area contributed by atoms with E-state index in [1.807, 2.05) is 6.08 Å². The Hall–Kier alpha value is -1.07. The molecule has 0 saturated heterocycles. The van der Waals surface area contributed by atoms with Crippen LogP contribution >= 0.6 is 0 Å². The number of carbonyl (C=O) groups excluding carboxylic acids is 1. The Labute approximate surface area is 119 Å². The average molecular weight is 262 g/mol. The van der Waals surface area contributed by atoms with E-state index in [4.69, 9.17) is 0 Å². The quantitative estimate of drug-likeness (QED) is 0.389. The highest BCUT2D eigenvalue weighted by Crippen LogP contribution is 2.13. The molecular weight excluding hydrogens is 232 g/mol. The zero-order valence-electron chi connectivity index (χ0n) is 13.4. The Kier molecular flexibility index (Phi) is 10.2. The van der Waals surface area contributed by atoms with Crippen LogP contribution in [0.15, 0.2) is 29.0 Å². The fraction of sp³-hybridized carbons (Fsp3) is 0.667. The zero-order chi connectivity index (χ0) is 14.7. The molecule has 0 aromatic rings. The van der Waals surface area contributed by atoms with E-state index in [1.54, 1.807) is 6.92 Å². The molecule has 108 valence electrons. The molecule has 0 rings (SSSR count). The van der Waals surface area contributed by atoms with Crippen molar-refractivity contribution in [3.8, 4) is 0 Å². The minimum atomic E-state index is 0.196. The number of rotatable bonds is 9. The second-order valence-corrected chi connectivity index (χ2v) is 5.91. The Morgan fingerprint density at radius 3 is 2.42 bits per heavy atom. The summed E-state index contributed by atoms with van der Waals surface area (Å²) in [6, 6.07) is 0. The maximum Gasteiger partial charge on any atom is 0.134 e. The van der Waals surface area contributed by atoms with Gasteiger partial charge in [-0.25, -0.2) is 0 Å². The van der Waals surface area contributed by atoms with Gasteiger partial charge in [-0.2, -0.15) is 0 Å². The van der Waals surface area contributed by atoms with Crippen molar-refractivity contribution in [2.24, 2.45) is 5.92 Å². The Morgan fingerprint density at radius 2 is 1.84 bits per heavy atom. The second kappa shape index (κ2) is 10.8. The topological polar surface area (TPSA) is 17.1 Å². The monoisotopic (exact) mass is 262 g/mol. The summed E-state index contributed by atoms with van der Waals surface area (Å²) in [5, 5.41) is 0.